The van der Waals surface area contributed by atoms with Crippen LogP contribution in [0.25, 0.3) is 0 Å². The fourth-order valence-electron chi connectivity index (χ4n) is 1.94. The van der Waals surface area contributed by atoms with E-state index in [9.17, 15) is 4.79 Å². The Bertz CT molecular complexity index is 510. The first-order chi connectivity index (χ1) is 8.80. The van der Waals surface area contributed by atoms with Crippen molar-refractivity contribution >= 4 is 12.0 Å². The van der Waals surface area contributed by atoms with Crippen LogP contribution in [0.2, 0.25) is 0 Å². The molecular formula is C12H19N5O2. The van der Waals surface area contributed by atoms with Gasteiger partial charge in [0.2, 0.25) is 5.95 Å². The number of hydrogen-bond acceptors (Lipinski definition) is 6. The van der Waals surface area contributed by atoms with Gasteiger partial charge in [0, 0.05) is 11.3 Å². The Morgan fingerprint density at radius 1 is 1.37 bits per heavy atom. The number of nitrogen functional groups attached to an aromatic ring is 1. The van der Waals surface area contributed by atoms with E-state index in [1.807, 2.05) is 27.7 Å². The topological polar surface area (TPSA) is 93.4 Å². The minimum atomic E-state index is -0.503. The van der Waals surface area contributed by atoms with Crippen molar-refractivity contribution in [3.63, 3.8) is 0 Å². The molecule has 0 radical (unpaired) electrons. The number of hydrazine groups is 1. The van der Waals surface area contributed by atoms with E-state index in [-0.39, 0.29) is 6.09 Å². The second kappa shape index (κ2) is 4.65. The van der Waals surface area contributed by atoms with E-state index in [0.717, 1.165) is 17.0 Å². The van der Waals surface area contributed by atoms with Crippen molar-refractivity contribution in [2.24, 2.45) is 5.84 Å². The standard InChI is InChI=1S/C12H19N5O2/c1-7-8-5-17(11(18)19-12(2,3)4)6-9(8)15-10(14-7)16-13/h5-6,13H2,1-4H3,(H,14,15,16). The lowest BCUT2D eigenvalue weighted by molar-refractivity contribution is 0.0240. The van der Waals surface area contributed by atoms with Crippen molar-refractivity contribution in [1.29, 1.82) is 0 Å². The highest BCUT2D eigenvalue weighted by Crippen LogP contribution is 2.25. The van der Waals surface area contributed by atoms with Gasteiger partial charge in [-0.25, -0.2) is 20.6 Å². The molecule has 7 heteroatoms. The van der Waals surface area contributed by atoms with Crippen LogP contribution in [0.5, 0.6) is 0 Å². The fourth-order valence-corrected chi connectivity index (χ4v) is 1.94. The van der Waals surface area contributed by atoms with Gasteiger partial charge in [-0.1, -0.05) is 0 Å². The molecule has 104 valence electrons. The SMILES string of the molecule is Cc1nc(NN)nc2c1CN(C(=O)OC(C)(C)C)C2. The van der Waals surface area contributed by atoms with E-state index < -0.39 is 5.60 Å². The van der Waals surface area contributed by atoms with Crippen LogP contribution < -0.4 is 11.3 Å². The van der Waals surface area contributed by atoms with Crippen molar-refractivity contribution < 1.29 is 9.53 Å². The van der Waals surface area contributed by atoms with Gasteiger partial charge in [-0.3, -0.25) is 10.3 Å². The third-order valence-electron chi connectivity index (χ3n) is 2.77. The van der Waals surface area contributed by atoms with Gasteiger partial charge in [0.15, 0.2) is 0 Å². The molecule has 0 atom stereocenters. The minimum absolute atomic E-state index is 0.341. The number of ether oxygens (including phenoxy) is 1. The Morgan fingerprint density at radius 3 is 2.63 bits per heavy atom. The van der Waals surface area contributed by atoms with Crippen LogP contribution in [0.15, 0.2) is 0 Å². The lowest BCUT2D eigenvalue weighted by Crippen LogP contribution is -2.33. The molecule has 0 saturated carbocycles. The van der Waals surface area contributed by atoms with Crippen LogP contribution in [0.1, 0.15) is 37.7 Å². The Morgan fingerprint density at radius 2 is 2.05 bits per heavy atom. The Balaban J connectivity index is 2.16. The Kier molecular flexibility index (Phi) is 3.32. The summed E-state index contributed by atoms with van der Waals surface area (Å²) >= 11 is 0. The number of anilines is 1. The lowest BCUT2D eigenvalue weighted by atomic mass is 10.2. The summed E-state index contributed by atoms with van der Waals surface area (Å²) < 4.78 is 5.35. The maximum Gasteiger partial charge on any atom is 0.410 e. The molecule has 0 unspecified atom stereocenters. The molecule has 1 aliphatic heterocycles. The number of nitrogens with two attached hydrogens (primary N) is 1. The number of aromatic nitrogens is 2. The molecule has 2 heterocycles. The lowest BCUT2D eigenvalue weighted by Gasteiger charge is -2.23. The molecule has 1 aromatic rings. The fraction of sp³-hybridized carbons (Fsp3) is 0.583. The normalized spacial score (nSPS) is 14.3. The maximum absolute atomic E-state index is 12.0. The quantitative estimate of drug-likeness (QED) is 0.587. The van der Waals surface area contributed by atoms with Gasteiger partial charge in [-0.2, -0.15) is 0 Å². The predicted molar refractivity (Wildman–Crippen MR) is 70.1 cm³/mol. The van der Waals surface area contributed by atoms with E-state index in [0.29, 0.717) is 19.0 Å². The first-order valence-corrected chi connectivity index (χ1v) is 6.11. The van der Waals surface area contributed by atoms with Crippen molar-refractivity contribution in [2.45, 2.75) is 46.4 Å². The van der Waals surface area contributed by atoms with Crippen molar-refractivity contribution in [2.75, 3.05) is 5.43 Å². The van der Waals surface area contributed by atoms with E-state index >= 15 is 0 Å². The molecule has 0 aromatic carbocycles. The zero-order valence-corrected chi connectivity index (χ0v) is 11.6. The van der Waals surface area contributed by atoms with Gasteiger partial charge in [0.25, 0.3) is 0 Å². The Labute approximate surface area is 112 Å². The third kappa shape index (κ3) is 2.93. The van der Waals surface area contributed by atoms with Gasteiger partial charge in [0.05, 0.1) is 18.8 Å². The molecule has 0 fully saturated rings. The van der Waals surface area contributed by atoms with Crippen molar-refractivity contribution in [3.05, 3.63) is 17.0 Å². The minimum Gasteiger partial charge on any atom is -0.444 e. The second-order valence-electron chi connectivity index (χ2n) is 5.54. The second-order valence-corrected chi connectivity index (χ2v) is 5.54. The number of aryl methyl sites for hydroxylation is 1. The van der Waals surface area contributed by atoms with E-state index in [1.165, 1.54) is 0 Å². The highest BCUT2D eigenvalue weighted by Gasteiger charge is 2.30. The highest BCUT2D eigenvalue weighted by molar-refractivity contribution is 5.69. The van der Waals surface area contributed by atoms with Crippen LogP contribution >= 0.6 is 0 Å². The molecule has 7 nitrogen and oxygen atoms in total. The van der Waals surface area contributed by atoms with Gasteiger partial charge in [-0.15, -0.1) is 0 Å². The summed E-state index contributed by atoms with van der Waals surface area (Å²) in [4.78, 5) is 22.1. The maximum atomic E-state index is 12.0. The smallest absolute Gasteiger partial charge is 0.410 e. The summed E-state index contributed by atoms with van der Waals surface area (Å²) in [6.45, 7) is 8.30. The molecule has 2 rings (SSSR count). The van der Waals surface area contributed by atoms with Crippen molar-refractivity contribution in [1.82, 2.24) is 14.9 Å². The van der Waals surface area contributed by atoms with Crippen LogP contribution in [-0.2, 0) is 17.8 Å². The molecular weight excluding hydrogens is 246 g/mol. The van der Waals surface area contributed by atoms with Gasteiger partial charge in [0.1, 0.15) is 5.60 Å². The van der Waals surface area contributed by atoms with E-state index in [2.05, 4.69) is 15.4 Å². The molecule has 0 saturated heterocycles. The van der Waals surface area contributed by atoms with E-state index in [1.54, 1.807) is 4.90 Å². The number of carbonyl (C=O) groups is 1. The average Bonchev–Trinajstić information content (AvgIpc) is 2.71. The molecule has 1 aliphatic rings. The van der Waals surface area contributed by atoms with Crippen LogP contribution in [0, 0.1) is 6.92 Å². The molecule has 3 N–H and O–H groups in total. The first-order valence-electron chi connectivity index (χ1n) is 6.11. The van der Waals surface area contributed by atoms with Gasteiger partial charge >= 0.3 is 6.09 Å². The number of rotatable bonds is 1. The summed E-state index contributed by atoms with van der Waals surface area (Å²) in [6, 6.07) is 0. The number of nitrogens with zero attached hydrogens (tertiary/aromatic N) is 3. The van der Waals surface area contributed by atoms with E-state index in [4.69, 9.17) is 10.6 Å². The third-order valence-corrected chi connectivity index (χ3v) is 2.77. The number of fused-ring (bicyclic) bond motifs is 1. The van der Waals surface area contributed by atoms with Crippen LogP contribution in [0.4, 0.5) is 10.7 Å². The number of amides is 1. The van der Waals surface area contributed by atoms with Gasteiger partial charge < -0.3 is 4.74 Å². The number of hydrogen-bond donors (Lipinski definition) is 2. The average molecular weight is 265 g/mol. The van der Waals surface area contributed by atoms with Crippen LogP contribution in [0.3, 0.4) is 0 Å². The van der Waals surface area contributed by atoms with Crippen molar-refractivity contribution in [3.8, 4) is 0 Å². The van der Waals surface area contributed by atoms with Crippen LogP contribution in [-0.4, -0.2) is 26.6 Å². The summed E-state index contributed by atoms with van der Waals surface area (Å²) in [5, 5.41) is 0. The zero-order chi connectivity index (χ0) is 14.2. The summed E-state index contributed by atoms with van der Waals surface area (Å²) in [5.74, 6) is 5.67. The molecule has 1 aromatic heterocycles. The zero-order valence-electron chi connectivity index (χ0n) is 11.6. The summed E-state index contributed by atoms with van der Waals surface area (Å²) in [6.07, 6.45) is -0.341. The largest absolute Gasteiger partial charge is 0.444 e. The molecule has 0 bridgehead atoms. The Hall–Kier alpha value is -1.89. The first kappa shape index (κ1) is 13.5. The predicted octanol–water partition coefficient (Wildman–Crippen LogP) is 1.32. The molecule has 1 amide bonds. The monoisotopic (exact) mass is 265 g/mol. The van der Waals surface area contributed by atoms with Gasteiger partial charge in [-0.05, 0) is 27.7 Å². The number of carbonyl (C=O) groups excluding carboxylic acids is 1. The molecule has 0 spiro atoms. The molecule has 19 heavy (non-hydrogen) atoms. The molecule has 0 aliphatic carbocycles. The summed E-state index contributed by atoms with van der Waals surface area (Å²) in [7, 11) is 0. The summed E-state index contributed by atoms with van der Waals surface area (Å²) in [5.41, 5.74) is 4.52. The highest BCUT2D eigenvalue weighted by atomic mass is 16.6. The number of nitrogens with one attached hydrogen (secondary N) is 1.